The van der Waals surface area contributed by atoms with E-state index in [0.717, 1.165) is 24.9 Å². The van der Waals surface area contributed by atoms with Crippen molar-refractivity contribution in [2.75, 3.05) is 6.61 Å². The number of carbonyl (C=O) groups is 1. The largest absolute Gasteiger partial charge is 0.478 e. The number of amides is 1. The Morgan fingerprint density at radius 1 is 1.10 bits per heavy atom. The van der Waals surface area contributed by atoms with Crippen LogP contribution >= 0.6 is 23.2 Å². The lowest BCUT2D eigenvalue weighted by molar-refractivity contribution is -0.117. The third-order valence-corrected chi connectivity index (χ3v) is 4.98. The Balaban J connectivity index is 1.85. The van der Waals surface area contributed by atoms with E-state index in [1.54, 1.807) is 35.1 Å². The Kier molecular flexibility index (Phi) is 8.05. The van der Waals surface area contributed by atoms with Crippen molar-refractivity contribution in [3.8, 4) is 11.6 Å². The lowest BCUT2D eigenvalue weighted by atomic mass is 10.1. The van der Waals surface area contributed by atoms with Crippen molar-refractivity contribution in [3.05, 3.63) is 81.8 Å². The number of rotatable bonds is 8. The normalized spacial score (nSPS) is 11.5. The summed E-state index contributed by atoms with van der Waals surface area (Å²) in [5, 5.41) is 5.84. The van der Waals surface area contributed by atoms with Gasteiger partial charge in [0.25, 0.3) is 5.91 Å². The molecule has 0 aliphatic heterocycles. The minimum Gasteiger partial charge on any atom is -0.478 e. The molecule has 2 aromatic carbocycles. The van der Waals surface area contributed by atoms with Crippen molar-refractivity contribution < 1.29 is 9.53 Å². The Morgan fingerprint density at radius 2 is 1.90 bits per heavy atom. The van der Waals surface area contributed by atoms with Crippen molar-refractivity contribution in [1.29, 1.82) is 0 Å². The summed E-state index contributed by atoms with van der Waals surface area (Å²) < 4.78 is 7.66. The molecule has 3 rings (SSSR count). The predicted octanol–water partition coefficient (Wildman–Crippen LogP) is 5.42. The highest BCUT2D eigenvalue weighted by Gasteiger charge is 2.09. The fraction of sp³-hybridized carbons (Fsp3) is 0.261. The van der Waals surface area contributed by atoms with Gasteiger partial charge in [-0.3, -0.25) is 4.79 Å². The van der Waals surface area contributed by atoms with Gasteiger partial charge >= 0.3 is 0 Å². The molecule has 0 bridgehead atoms. The van der Waals surface area contributed by atoms with Gasteiger partial charge in [0.2, 0.25) is 5.88 Å². The molecular weight excluding hydrogens is 421 g/mol. The summed E-state index contributed by atoms with van der Waals surface area (Å²) in [6.07, 6.45) is 4.77. The van der Waals surface area contributed by atoms with Crippen LogP contribution in [0.3, 0.4) is 0 Å². The molecule has 0 radical (unpaired) electrons. The van der Waals surface area contributed by atoms with E-state index in [9.17, 15) is 4.79 Å². The highest BCUT2D eigenvalue weighted by molar-refractivity contribution is 6.35. The lowest BCUT2D eigenvalue weighted by Crippen LogP contribution is -2.16. The molecule has 1 heterocycles. The van der Waals surface area contributed by atoms with E-state index in [0.29, 0.717) is 33.5 Å². The summed E-state index contributed by atoms with van der Waals surface area (Å²) in [7, 11) is 0. The van der Waals surface area contributed by atoms with Crippen LogP contribution < -0.4 is 10.1 Å². The molecule has 1 aromatic heterocycles. The van der Waals surface area contributed by atoms with Gasteiger partial charge in [0, 0.05) is 16.1 Å². The number of ether oxygens (including phenoxy) is 1. The zero-order valence-electron chi connectivity index (χ0n) is 16.7. The summed E-state index contributed by atoms with van der Waals surface area (Å²) in [5.41, 5.74) is 1.54. The molecule has 0 atom stereocenters. The summed E-state index contributed by atoms with van der Waals surface area (Å²) in [6, 6.07) is 16.5. The Hall–Kier alpha value is -2.63. The first kappa shape index (κ1) is 22.1. The van der Waals surface area contributed by atoms with Gasteiger partial charge in [-0.1, -0.05) is 67.2 Å². The first-order chi connectivity index (χ1) is 14.6. The standard InChI is InChI=1S/C23H23Cl2N3O2/c1-2-3-7-12-30-23-15-19(16-26-28(23)20-8-5-4-6-9-20)27-22(29)13-17-10-11-18(24)14-21(17)25/h4-6,8-11,14-16H,2-3,7,12-13H2,1H3. The van der Waals surface area contributed by atoms with Gasteiger partial charge in [0.1, 0.15) is 0 Å². The fourth-order valence-electron chi connectivity index (χ4n) is 2.87. The molecule has 30 heavy (non-hydrogen) atoms. The Bertz CT molecular complexity index is 1070. The zero-order chi connectivity index (χ0) is 21.3. The van der Waals surface area contributed by atoms with Crippen LogP contribution in [0, 0.1) is 0 Å². The highest BCUT2D eigenvalue weighted by Crippen LogP contribution is 2.21. The van der Waals surface area contributed by atoms with Gasteiger partial charge in [-0.15, -0.1) is 0 Å². The van der Waals surface area contributed by atoms with E-state index >= 15 is 0 Å². The van der Waals surface area contributed by atoms with Crippen molar-refractivity contribution in [3.63, 3.8) is 0 Å². The molecular formula is C23H23Cl2N3O2. The van der Waals surface area contributed by atoms with Gasteiger partial charge in [-0.05, 0) is 36.2 Å². The number of carbonyl (C=O) groups excluding carboxylic acids is 1. The van der Waals surface area contributed by atoms with E-state index in [1.807, 2.05) is 30.3 Å². The fourth-order valence-corrected chi connectivity index (χ4v) is 3.34. The van der Waals surface area contributed by atoms with Crippen molar-refractivity contribution in [1.82, 2.24) is 9.78 Å². The van der Waals surface area contributed by atoms with Crippen molar-refractivity contribution >= 4 is 29.1 Å². The van der Waals surface area contributed by atoms with Crippen LogP contribution in [0.2, 0.25) is 10.0 Å². The van der Waals surface area contributed by atoms with Gasteiger partial charge in [-0.25, -0.2) is 9.67 Å². The number of unbranched alkanes of at least 4 members (excludes halogenated alkanes) is 2. The first-order valence-electron chi connectivity index (χ1n) is 9.86. The zero-order valence-corrected chi connectivity index (χ0v) is 18.2. The third-order valence-electron chi connectivity index (χ3n) is 4.39. The maximum absolute atomic E-state index is 12.5. The second-order valence-electron chi connectivity index (χ2n) is 6.77. The minimum atomic E-state index is -0.324. The maximum Gasteiger partial charge on any atom is 0.250 e. The van der Waals surface area contributed by atoms with Crippen LogP contribution in [0.1, 0.15) is 31.7 Å². The summed E-state index contributed by atoms with van der Waals surface area (Å²) in [4.78, 5) is 16.6. The maximum atomic E-state index is 12.5. The number of nitrogens with zero attached hydrogens (tertiary/aromatic N) is 3. The molecule has 0 spiro atoms. The molecule has 156 valence electrons. The number of halogens is 2. The van der Waals surface area contributed by atoms with Crippen molar-refractivity contribution in [2.45, 2.75) is 32.6 Å². The van der Waals surface area contributed by atoms with Crippen LogP contribution in [-0.2, 0) is 11.2 Å². The summed E-state index contributed by atoms with van der Waals surface area (Å²) >= 11 is 12.1. The van der Waals surface area contributed by atoms with Gasteiger partial charge < -0.3 is 4.74 Å². The SMILES string of the molecule is CCCCCOc1cc(=NC(=O)Cc2ccc(Cl)cc2Cl)cnn1-c1ccccc1. The van der Waals surface area contributed by atoms with Crippen LogP contribution in [0.4, 0.5) is 0 Å². The predicted molar refractivity (Wildman–Crippen MR) is 119 cm³/mol. The second-order valence-corrected chi connectivity index (χ2v) is 7.62. The Morgan fingerprint density at radius 3 is 2.63 bits per heavy atom. The molecule has 0 N–H and O–H groups in total. The molecule has 1 amide bonds. The Labute approximate surface area is 185 Å². The number of hydrogen-bond donors (Lipinski definition) is 0. The molecule has 0 aliphatic rings. The average molecular weight is 444 g/mol. The number of benzene rings is 2. The van der Waals surface area contributed by atoms with E-state index in [1.165, 1.54) is 0 Å². The molecule has 0 fully saturated rings. The lowest BCUT2D eigenvalue weighted by Gasteiger charge is -2.13. The molecule has 3 aromatic rings. The third kappa shape index (κ3) is 6.18. The molecule has 0 aliphatic carbocycles. The quantitative estimate of drug-likeness (QED) is 0.436. The molecule has 0 unspecified atom stereocenters. The molecule has 0 saturated heterocycles. The van der Waals surface area contributed by atoms with Gasteiger partial charge in [0.05, 0.1) is 30.3 Å². The van der Waals surface area contributed by atoms with Crippen LogP contribution in [0.15, 0.2) is 65.8 Å². The smallest absolute Gasteiger partial charge is 0.250 e. The van der Waals surface area contributed by atoms with Crippen LogP contribution in [0.5, 0.6) is 5.88 Å². The van der Waals surface area contributed by atoms with Gasteiger partial charge in [-0.2, -0.15) is 5.10 Å². The highest BCUT2D eigenvalue weighted by atomic mass is 35.5. The first-order valence-corrected chi connectivity index (χ1v) is 10.6. The van der Waals surface area contributed by atoms with Gasteiger partial charge in [0.15, 0.2) is 0 Å². The summed E-state index contributed by atoms with van der Waals surface area (Å²) in [6.45, 7) is 2.71. The molecule has 0 saturated carbocycles. The second kappa shape index (κ2) is 11.0. The topological polar surface area (TPSA) is 56.5 Å². The van der Waals surface area contributed by atoms with E-state index < -0.39 is 0 Å². The monoisotopic (exact) mass is 443 g/mol. The average Bonchev–Trinajstić information content (AvgIpc) is 2.74. The van der Waals surface area contributed by atoms with E-state index in [2.05, 4.69) is 17.0 Å². The van der Waals surface area contributed by atoms with Crippen LogP contribution in [0.25, 0.3) is 5.69 Å². The molecule has 7 heteroatoms. The number of para-hydroxylation sites is 1. The number of hydrogen-bond acceptors (Lipinski definition) is 3. The summed E-state index contributed by atoms with van der Waals surface area (Å²) in [5.74, 6) is 0.214. The van der Waals surface area contributed by atoms with E-state index in [4.69, 9.17) is 27.9 Å². The van der Waals surface area contributed by atoms with E-state index in [-0.39, 0.29) is 12.3 Å². The minimum absolute atomic E-state index is 0.0796. The number of aromatic nitrogens is 2. The van der Waals surface area contributed by atoms with Crippen molar-refractivity contribution in [2.24, 2.45) is 4.99 Å². The molecule has 5 nitrogen and oxygen atoms in total. The van der Waals surface area contributed by atoms with Crippen LogP contribution in [-0.4, -0.2) is 22.3 Å².